The van der Waals surface area contributed by atoms with E-state index in [1.165, 1.54) is 35.1 Å². The van der Waals surface area contributed by atoms with Crippen molar-refractivity contribution in [1.29, 1.82) is 0 Å². The fourth-order valence-corrected chi connectivity index (χ4v) is 3.27. The zero-order valence-electron chi connectivity index (χ0n) is 14.9. The predicted octanol–water partition coefficient (Wildman–Crippen LogP) is 5.36. The van der Waals surface area contributed by atoms with Gasteiger partial charge in [0.15, 0.2) is 0 Å². The molecule has 0 N–H and O–H groups in total. The van der Waals surface area contributed by atoms with E-state index in [4.69, 9.17) is 0 Å². The number of amides is 2. The van der Waals surface area contributed by atoms with E-state index in [9.17, 15) is 4.79 Å². The van der Waals surface area contributed by atoms with Crippen LogP contribution in [0, 0.1) is 13.8 Å². The van der Waals surface area contributed by atoms with Crippen molar-refractivity contribution in [3.05, 3.63) is 53.6 Å². The van der Waals surface area contributed by atoms with Crippen LogP contribution in [0.2, 0.25) is 0 Å². The number of anilines is 1. The molecular formula is C21H26N2O. The Labute approximate surface area is 144 Å². The number of carbonyl (C=O) groups is 1. The Balaban J connectivity index is 1.66. The highest BCUT2D eigenvalue weighted by atomic mass is 16.2. The fourth-order valence-electron chi connectivity index (χ4n) is 3.27. The average molecular weight is 322 g/mol. The third kappa shape index (κ3) is 3.45. The first-order valence-electron chi connectivity index (χ1n) is 8.83. The average Bonchev–Trinajstić information content (AvgIpc) is 2.56. The number of benzene rings is 2. The van der Waals surface area contributed by atoms with E-state index < -0.39 is 0 Å². The summed E-state index contributed by atoms with van der Waals surface area (Å²) in [6, 6.07) is 15.0. The number of nitrogens with zero attached hydrogens (tertiary/aromatic N) is 2. The normalized spacial score (nSPS) is 14.0. The van der Waals surface area contributed by atoms with Crippen LogP contribution < -0.4 is 4.90 Å². The van der Waals surface area contributed by atoms with Gasteiger partial charge in [0.1, 0.15) is 6.67 Å². The SMILES string of the molecule is CCCCCN1CN(c2ccc(-c3cc(C)cc(C)c3)cc2)C1=O. The number of unbranched alkanes of at least 4 members (excludes halogenated alkanes) is 2. The number of rotatable bonds is 6. The Morgan fingerprint density at radius 1 is 0.917 bits per heavy atom. The minimum Gasteiger partial charge on any atom is -0.306 e. The summed E-state index contributed by atoms with van der Waals surface area (Å²) < 4.78 is 0. The van der Waals surface area contributed by atoms with Gasteiger partial charge in [-0.25, -0.2) is 4.79 Å². The fraction of sp³-hybridized carbons (Fsp3) is 0.381. The van der Waals surface area contributed by atoms with E-state index in [0.717, 1.165) is 18.7 Å². The molecule has 1 aliphatic rings. The Morgan fingerprint density at radius 3 is 2.17 bits per heavy atom. The molecule has 1 fully saturated rings. The molecule has 0 radical (unpaired) electrons. The van der Waals surface area contributed by atoms with Gasteiger partial charge >= 0.3 is 6.03 Å². The summed E-state index contributed by atoms with van der Waals surface area (Å²) in [4.78, 5) is 16.0. The molecule has 0 saturated carbocycles. The summed E-state index contributed by atoms with van der Waals surface area (Å²) in [6.07, 6.45) is 3.47. The van der Waals surface area contributed by atoms with Crippen molar-refractivity contribution >= 4 is 11.7 Å². The van der Waals surface area contributed by atoms with Gasteiger partial charge in [-0.05, 0) is 43.5 Å². The van der Waals surface area contributed by atoms with Gasteiger partial charge in [0.25, 0.3) is 0 Å². The summed E-state index contributed by atoms with van der Waals surface area (Å²) in [5.74, 6) is 0. The lowest BCUT2D eigenvalue weighted by Crippen LogP contribution is -2.60. The maximum Gasteiger partial charge on any atom is 0.327 e. The number of aryl methyl sites for hydroxylation is 2. The molecule has 3 rings (SSSR count). The first-order valence-corrected chi connectivity index (χ1v) is 8.83. The predicted molar refractivity (Wildman–Crippen MR) is 100 cm³/mol. The molecule has 2 aromatic carbocycles. The van der Waals surface area contributed by atoms with Crippen LogP contribution in [-0.4, -0.2) is 24.1 Å². The summed E-state index contributed by atoms with van der Waals surface area (Å²) in [6.45, 7) is 8.02. The van der Waals surface area contributed by atoms with E-state index in [0.29, 0.717) is 6.67 Å². The van der Waals surface area contributed by atoms with Crippen LogP contribution in [0.15, 0.2) is 42.5 Å². The van der Waals surface area contributed by atoms with Crippen molar-refractivity contribution in [2.24, 2.45) is 0 Å². The molecule has 1 heterocycles. The van der Waals surface area contributed by atoms with Gasteiger partial charge in [-0.15, -0.1) is 0 Å². The van der Waals surface area contributed by atoms with Crippen LogP contribution in [0.1, 0.15) is 37.3 Å². The highest BCUT2D eigenvalue weighted by Crippen LogP contribution is 2.28. The van der Waals surface area contributed by atoms with Crippen molar-refractivity contribution in [3.8, 4) is 11.1 Å². The number of hydrogen-bond acceptors (Lipinski definition) is 1. The summed E-state index contributed by atoms with van der Waals surface area (Å²) in [5, 5.41) is 0. The van der Waals surface area contributed by atoms with Crippen LogP contribution in [0.3, 0.4) is 0 Å². The lowest BCUT2D eigenvalue weighted by atomic mass is 10.0. The van der Waals surface area contributed by atoms with Gasteiger partial charge < -0.3 is 4.90 Å². The molecule has 1 aliphatic heterocycles. The molecule has 3 heteroatoms. The number of hydrogen-bond donors (Lipinski definition) is 0. The second kappa shape index (κ2) is 7.08. The number of urea groups is 1. The highest BCUT2D eigenvalue weighted by molar-refractivity contribution is 5.97. The zero-order valence-corrected chi connectivity index (χ0v) is 14.9. The molecule has 0 atom stereocenters. The molecule has 0 aliphatic carbocycles. The van der Waals surface area contributed by atoms with Crippen molar-refractivity contribution in [2.75, 3.05) is 18.1 Å². The van der Waals surface area contributed by atoms with Crippen molar-refractivity contribution < 1.29 is 4.79 Å². The van der Waals surface area contributed by atoms with E-state index in [1.54, 1.807) is 0 Å². The summed E-state index contributed by atoms with van der Waals surface area (Å²) >= 11 is 0. The lowest BCUT2D eigenvalue weighted by molar-refractivity contribution is 0.173. The topological polar surface area (TPSA) is 23.6 Å². The van der Waals surface area contributed by atoms with E-state index in [-0.39, 0.29) is 6.03 Å². The zero-order chi connectivity index (χ0) is 17.1. The molecule has 2 amide bonds. The second-order valence-electron chi connectivity index (χ2n) is 6.75. The second-order valence-corrected chi connectivity index (χ2v) is 6.75. The van der Waals surface area contributed by atoms with Crippen LogP contribution >= 0.6 is 0 Å². The monoisotopic (exact) mass is 322 g/mol. The minimum atomic E-state index is 0.130. The van der Waals surface area contributed by atoms with E-state index >= 15 is 0 Å². The lowest BCUT2D eigenvalue weighted by Gasteiger charge is -2.42. The van der Waals surface area contributed by atoms with Gasteiger partial charge in [0.2, 0.25) is 0 Å². The van der Waals surface area contributed by atoms with Crippen molar-refractivity contribution in [3.63, 3.8) is 0 Å². The quantitative estimate of drug-likeness (QED) is 0.657. The molecule has 0 unspecified atom stereocenters. The van der Waals surface area contributed by atoms with Crippen molar-refractivity contribution in [2.45, 2.75) is 40.0 Å². The summed E-state index contributed by atoms with van der Waals surface area (Å²) in [7, 11) is 0. The van der Waals surface area contributed by atoms with Gasteiger partial charge in [-0.2, -0.15) is 0 Å². The Morgan fingerprint density at radius 2 is 1.58 bits per heavy atom. The Hall–Kier alpha value is -2.29. The standard InChI is InChI=1S/C21H26N2O/c1-4-5-6-11-22-15-23(21(22)24)20-9-7-18(8-10-20)19-13-16(2)12-17(3)14-19/h7-10,12-14H,4-6,11,15H2,1-3H3. The van der Waals surface area contributed by atoms with Crippen molar-refractivity contribution in [1.82, 2.24) is 4.90 Å². The Bertz CT molecular complexity index is 701. The Kier molecular flexibility index (Phi) is 4.89. The van der Waals surface area contributed by atoms with Crippen LogP contribution in [0.5, 0.6) is 0 Å². The molecule has 0 bridgehead atoms. The van der Waals surface area contributed by atoms with Gasteiger partial charge in [0.05, 0.1) is 0 Å². The first-order chi connectivity index (χ1) is 11.6. The summed E-state index contributed by atoms with van der Waals surface area (Å²) in [5.41, 5.74) is 5.96. The maximum atomic E-state index is 12.3. The highest BCUT2D eigenvalue weighted by Gasteiger charge is 2.33. The molecule has 2 aromatic rings. The maximum absolute atomic E-state index is 12.3. The third-order valence-corrected chi connectivity index (χ3v) is 4.58. The largest absolute Gasteiger partial charge is 0.327 e. The third-order valence-electron chi connectivity index (χ3n) is 4.58. The number of carbonyl (C=O) groups excluding carboxylic acids is 1. The molecule has 0 spiro atoms. The molecule has 0 aromatic heterocycles. The van der Waals surface area contributed by atoms with Gasteiger partial charge in [-0.1, -0.05) is 61.2 Å². The van der Waals surface area contributed by atoms with E-state index in [2.05, 4.69) is 51.1 Å². The molecule has 24 heavy (non-hydrogen) atoms. The molecular weight excluding hydrogens is 296 g/mol. The van der Waals surface area contributed by atoms with Crippen LogP contribution in [0.25, 0.3) is 11.1 Å². The smallest absolute Gasteiger partial charge is 0.306 e. The molecule has 126 valence electrons. The van der Waals surface area contributed by atoms with Gasteiger partial charge in [0, 0.05) is 12.2 Å². The van der Waals surface area contributed by atoms with Crippen LogP contribution in [0.4, 0.5) is 10.5 Å². The van der Waals surface area contributed by atoms with Crippen LogP contribution in [-0.2, 0) is 0 Å². The van der Waals surface area contributed by atoms with E-state index in [1.807, 2.05) is 21.9 Å². The first kappa shape index (κ1) is 16.6. The minimum absolute atomic E-state index is 0.130. The van der Waals surface area contributed by atoms with Gasteiger partial charge in [-0.3, -0.25) is 4.90 Å². The molecule has 1 saturated heterocycles. The molecule has 3 nitrogen and oxygen atoms in total.